The molecule has 14 heteroatoms. The highest BCUT2D eigenvalue weighted by atomic mass is 32.2. The number of β-lactam (4-membered cyclic amide) rings is 1. The molecule has 3 aliphatic heterocycles. The number of hydrogen-bond donors (Lipinski definition) is 3. The normalized spacial score (nSPS) is 25.1. The summed E-state index contributed by atoms with van der Waals surface area (Å²) in [7, 11) is 3.41. The van der Waals surface area contributed by atoms with Crippen LogP contribution in [0.1, 0.15) is 18.5 Å². The largest absolute Gasteiger partial charge is 0.477 e. The second-order valence-electron chi connectivity index (χ2n) is 8.15. The summed E-state index contributed by atoms with van der Waals surface area (Å²) in [4.78, 5) is 50.2. The van der Waals surface area contributed by atoms with Gasteiger partial charge in [0.1, 0.15) is 29.9 Å². The smallest absolute Gasteiger partial charge is 0.352 e. The molecule has 0 aromatic carbocycles. The summed E-state index contributed by atoms with van der Waals surface area (Å²) in [5.74, 6) is -0.979. The molecule has 1 aromatic rings. The van der Waals surface area contributed by atoms with Crippen molar-refractivity contribution in [1.29, 1.82) is 0 Å². The van der Waals surface area contributed by atoms with Crippen LogP contribution in [-0.4, -0.2) is 93.1 Å². The molecule has 0 bridgehead atoms. The van der Waals surface area contributed by atoms with E-state index in [9.17, 15) is 19.5 Å². The predicted molar refractivity (Wildman–Crippen MR) is 137 cm³/mol. The van der Waals surface area contributed by atoms with Gasteiger partial charge in [0, 0.05) is 22.9 Å². The van der Waals surface area contributed by atoms with Gasteiger partial charge in [-0.3, -0.25) is 14.5 Å². The number of allylic oxidation sites excluding steroid dienone is 1. The summed E-state index contributed by atoms with van der Waals surface area (Å²) in [5.41, 5.74) is 6.29. The van der Waals surface area contributed by atoms with Gasteiger partial charge in [0.15, 0.2) is 10.8 Å². The molecule has 1 aromatic heterocycles. The molecule has 4 heterocycles. The number of aromatic nitrogens is 1. The van der Waals surface area contributed by atoms with Gasteiger partial charge in [-0.2, -0.15) is 0 Å². The average Bonchev–Trinajstić information content (AvgIpc) is 3.45. The molecule has 0 aliphatic carbocycles. The summed E-state index contributed by atoms with van der Waals surface area (Å²) in [6.45, 7) is 1.10. The van der Waals surface area contributed by atoms with Crippen LogP contribution in [-0.2, 0) is 19.2 Å². The Morgan fingerprint density at radius 3 is 2.91 bits per heavy atom. The van der Waals surface area contributed by atoms with Gasteiger partial charge in [-0.05, 0) is 43.5 Å². The highest BCUT2D eigenvalue weighted by molar-refractivity contribution is 8.02. The van der Waals surface area contributed by atoms with E-state index < -0.39 is 29.2 Å². The molecule has 2 amide bonds. The summed E-state index contributed by atoms with van der Waals surface area (Å²) >= 11 is 4.18. The zero-order chi connectivity index (χ0) is 25.1. The van der Waals surface area contributed by atoms with Gasteiger partial charge in [0.05, 0.1) is 0 Å². The Balaban J connectivity index is 1.43. The van der Waals surface area contributed by atoms with Gasteiger partial charge in [0.25, 0.3) is 11.8 Å². The highest BCUT2D eigenvalue weighted by Crippen LogP contribution is 2.41. The van der Waals surface area contributed by atoms with Crippen molar-refractivity contribution in [3.05, 3.63) is 33.8 Å². The van der Waals surface area contributed by atoms with E-state index in [-0.39, 0.29) is 22.2 Å². The van der Waals surface area contributed by atoms with Crippen LogP contribution in [0.2, 0.25) is 0 Å². The first-order valence-corrected chi connectivity index (χ1v) is 13.8. The minimum Gasteiger partial charge on any atom is -0.477 e. The molecular formula is C21H26N6O5S3. The lowest BCUT2D eigenvalue weighted by atomic mass is 10.0. The third kappa shape index (κ3) is 5.34. The molecule has 11 nitrogen and oxygen atoms in total. The topological polar surface area (TPSA) is 150 Å². The number of hydrogen-bond acceptors (Lipinski definition) is 11. The Morgan fingerprint density at radius 1 is 1.49 bits per heavy atom. The Bertz CT molecular complexity index is 1100. The maximum Gasteiger partial charge on any atom is 0.352 e. The maximum absolute atomic E-state index is 12.9. The minimum absolute atomic E-state index is 0.0443. The second kappa shape index (κ2) is 11.0. The van der Waals surface area contributed by atoms with Crippen molar-refractivity contribution in [1.82, 2.24) is 20.1 Å². The molecule has 0 unspecified atom stereocenters. The first kappa shape index (κ1) is 25.5. The molecule has 0 saturated carbocycles. The van der Waals surface area contributed by atoms with E-state index in [1.807, 2.05) is 5.41 Å². The summed E-state index contributed by atoms with van der Waals surface area (Å²) in [6.07, 6.45) is 4.14. The van der Waals surface area contributed by atoms with Gasteiger partial charge >= 0.3 is 5.97 Å². The number of thioether (sulfide) groups is 2. The van der Waals surface area contributed by atoms with Crippen molar-refractivity contribution in [2.45, 2.75) is 30.3 Å². The van der Waals surface area contributed by atoms with Gasteiger partial charge in [-0.25, -0.2) is 9.78 Å². The molecule has 2 saturated heterocycles. The van der Waals surface area contributed by atoms with E-state index >= 15 is 0 Å². The SMILES string of the molecule is CON=C(C(=O)N[C@@H]1C(=O)N2C(C(=O)O)=C(/C=C/SC[C@@H]3CCCN3C)CS[C@H]12)c1csc(N)n1. The number of aliphatic carboxylic acids is 1. The number of nitrogens with zero attached hydrogens (tertiary/aromatic N) is 4. The first-order valence-electron chi connectivity index (χ1n) is 10.8. The molecule has 0 spiro atoms. The fourth-order valence-corrected chi connectivity index (χ4v) is 7.04. The fraction of sp³-hybridized carbons (Fsp3) is 0.476. The van der Waals surface area contributed by atoms with E-state index in [2.05, 4.69) is 27.4 Å². The Labute approximate surface area is 214 Å². The van der Waals surface area contributed by atoms with Gasteiger partial charge in [0.2, 0.25) is 0 Å². The number of carbonyl (C=O) groups excluding carboxylic acids is 2. The maximum atomic E-state index is 12.9. The molecule has 3 aliphatic rings. The zero-order valence-corrected chi connectivity index (χ0v) is 21.6. The van der Waals surface area contributed by atoms with Gasteiger partial charge < -0.3 is 25.9 Å². The molecule has 0 radical (unpaired) electrons. The fourth-order valence-electron chi connectivity index (χ4n) is 4.16. The molecule has 4 N–H and O–H groups in total. The number of thiazole rings is 1. The lowest BCUT2D eigenvalue weighted by Crippen LogP contribution is -2.71. The monoisotopic (exact) mass is 538 g/mol. The first-order chi connectivity index (χ1) is 16.8. The van der Waals surface area contributed by atoms with Gasteiger partial charge in [-0.15, -0.1) is 34.9 Å². The molecule has 188 valence electrons. The van der Waals surface area contributed by atoms with Crippen LogP contribution in [0.15, 0.2) is 33.3 Å². The molecule has 35 heavy (non-hydrogen) atoms. The third-order valence-corrected chi connectivity index (χ3v) is 8.86. The van der Waals surface area contributed by atoms with E-state index in [1.54, 1.807) is 23.2 Å². The van der Waals surface area contributed by atoms with Crippen LogP contribution >= 0.6 is 34.9 Å². The van der Waals surface area contributed by atoms with E-state index in [0.717, 1.165) is 23.6 Å². The van der Waals surface area contributed by atoms with Crippen molar-refractivity contribution < 1.29 is 24.3 Å². The Hall–Kier alpha value is -2.55. The number of carboxylic acid groups (broad SMARTS) is 1. The number of likely N-dealkylation sites (tertiary alicyclic amines) is 1. The number of nitrogens with two attached hydrogens (primary N) is 1. The number of nitrogens with one attached hydrogen (secondary N) is 1. The van der Waals surface area contributed by atoms with Gasteiger partial charge in [-0.1, -0.05) is 5.16 Å². The highest BCUT2D eigenvalue weighted by Gasteiger charge is 2.54. The van der Waals surface area contributed by atoms with Crippen molar-refractivity contribution in [2.75, 3.05) is 37.9 Å². The zero-order valence-electron chi connectivity index (χ0n) is 19.2. The van der Waals surface area contributed by atoms with Crippen LogP contribution in [0.5, 0.6) is 0 Å². The summed E-state index contributed by atoms with van der Waals surface area (Å²) < 4.78 is 0. The molecular weight excluding hydrogens is 512 g/mol. The van der Waals surface area contributed by atoms with Crippen LogP contribution in [0.4, 0.5) is 5.13 Å². The van der Waals surface area contributed by atoms with Crippen LogP contribution in [0.3, 0.4) is 0 Å². The standard InChI is InChI=1S/C21H26N6O5S3/c1-26-6-3-4-12(26)9-33-7-5-11-8-34-19-15(18(29)27(19)16(11)20(30)31)24-17(28)14(25-32-2)13-10-35-21(22)23-13/h5,7,10,12,15,19H,3-4,6,8-9H2,1-2H3,(H2,22,23)(H,24,28)(H,30,31)/b7-5+,25-14?/t12-,15+,19+/m0/s1. The molecule has 2 fully saturated rings. The van der Waals surface area contributed by atoms with Crippen molar-refractivity contribution in [3.8, 4) is 0 Å². The lowest BCUT2D eigenvalue weighted by molar-refractivity contribution is -0.150. The van der Waals surface area contributed by atoms with E-state index in [4.69, 9.17) is 10.6 Å². The van der Waals surface area contributed by atoms with E-state index in [1.165, 1.54) is 36.6 Å². The Kier molecular flexibility index (Phi) is 8.04. The quantitative estimate of drug-likeness (QED) is 0.237. The van der Waals surface area contributed by atoms with Crippen molar-refractivity contribution in [2.24, 2.45) is 5.16 Å². The number of nitrogen functional groups attached to an aromatic ring is 1. The van der Waals surface area contributed by atoms with Crippen LogP contribution < -0.4 is 11.1 Å². The molecule has 3 atom stereocenters. The number of oxime groups is 1. The summed E-state index contributed by atoms with van der Waals surface area (Å²) in [5, 5.41) is 19.4. The number of rotatable bonds is 9. The number of amides is 2. The third-order valence-electron chi connectivity index (χ3n) is 5.97. The minimum atomic E-state index is -1.17. The lowest BCUT2D eigenvalue weighted by Gasteiger charge is -2.49. The van der Waals surface area contributed by atoms with E-state index in [0.29, 0.717) is 17.4 Å². The molecule has 4 rings (SSSR count). The number of carbonyl (C=O) groups is 3. The number of fused-ring (bicyclic) bond motifs is 1. The van der Waals surface area contributed by atoms with Crippen molar-refractivity contribution in [3.63, 3.8) is 0 Å². The van der Waals surface area contributed by atoms with Crippen LogP contribution in [0, 0.1) is 0 Å². The van der Waals surface area contributed by atoms with Crippen LogP contribution in [0.25, 0.3) is 0 Å². The number of anilines is 1. The second-order valence-corrected chi connectivity index (χ2v) is 11.1. The Morgan fingerprint density at radius 2 is 2.29 bits per heavy atom. The average molecular weight is 539 g/mol. The van der Waals surface area contributed by atoms with Crippen molar-refractivity contribution >= 4 is 63.5 Å². The number of carboxylic acids is 1. The predicted octanol–water partition coefficient (Wildman–Crippen LogP) is 1.16. The summed E-state index contributed by atoms with van der Waals surface area (Å²) in [6, 6.07) is -0.367.